The van der Waals surface area contributed by atoms with Gasteiger partial charge < -0.3 is 10.4 Å². The maximum absolute atomic E-state index is 12.3. The third-order valence-corrected chi connectivity index (χ3v) is 4.95. The molecule has 0 unspecified atom stereocenters. The van der Waals surface area contributed by atoms with Gasteiger partial charge in [-0.3, -0.25) is 9.78 Å². The molecule has 5 nitrogen and oxygen atoms in total. The Labute approximate surface area is 144 Å². The average molecular weight is 391 g/mol. The van der Waals surface area contributed by atoms with E-state index in [9.17, 15) is 9.59 Å². The van der Waals surface area contributed by atoms with Crippen LogP contribution in [0.2, 0.25) is 0 Å². The van der Waals surface area contributed by atoms with Crippen LogP contribution in [0.25, 0.3) is 10.1 Å². The van der Waals surface area contributed by atoms with E-state index in [2.05, 4.69) is 26.2 Å². The predicted molar refractivity (Wildman–Crippen MR) is 91.9 cm³/mol. The summed E-state index contributed by atoms with van der Waals surface area (Å²) < 4.78 is 1.77. The highest BCUT2D eigenvalue weighted by Gasteiger charge is 2.12. The Hall–Kier alpha value is -2.25. The summed E-state index contributed by atoms with van der Waals surface area (Å²) in [7, 11) is 0. The number of aromatic carboxylic acids is 1. The molecule has 0 radical (unpaired) electrons. The average Bonchev–Trinajstić information content (AvgIpc) is 2.98. The monoisotopic (exact) mass is 390 g/mol. The van der Waals surface area contributed by atoms with Gasteiger partial charge in [-0.15, -0.1) is 11.3 Å². The molecule has 0 atom stereocenters. The van der Waals surface area contributed by atoms with Gasteiger partial charge in [0, 0.05) is 28.8 Å². The molecule has 0 bridgehead atoms. The molecule has 116 valence electrons. The highest BCUT2D eigenvalue weighted by Crippen LogP contribution is 2.30. The fourth-order valence-corrected chi connectivity index (χ4v) is 3.67. The summed E-state index contributed by atoms with van der Waals surface area (Å²) in [6, 6.07) is 8.32. The molecule has 7 heteroatoms. The fraction of sp³-hybridized carbons (Fsp3) is 0.0625. The molecule has 3 aromatic rings. The number of carboxylic acids is 1. The van der Waals surface area contributed by atoms with E-state index in [-0.39, 0.29) is 18.0 Å². The standard InChI is InChI=1S/C16H11BrN2O3S/c17-12-7-18-8-14-11(12)5-13(23-14)15(20)19-6-9-2-1-3-10(4-9)16(21)22/h1-5,7-8H,6H2,(H,19,20)(H,21,22). The highest BCUT2D eigenvalue weighted by atomic mass is 79.9. The number of hydrogen-bond donors (Lipinski definition) is 2. The summed E-state index contributed by atoms with van der Waals surface area (Å²) in [5.41, 5.74) is 0.941. The molecule has 23 heavy (non-hydrogen) atoms. The Morgan fingerprint density at radius 3 is 2.83 bits per heavy atom. The zero-order valence-electron chi connectivity index (χ0n) is 11.7. The summed E-state index contributed by atoms with van der Waals surface area (Å²) in [5.74, 6) is -1.18. The van der Waals surface area contributed by atoms with Crippen LogP contribution in [0.15, 0.2) is 47.2 Å². The molecule has 1 amide bonds. The van der Waals surface area contributed by atoms with E-state index in [1.165, 1.54) is 17.4 Å². The van der Waals surface area contributed by atoms with Crippen LogP contribution >= 0.6 is 27.3 Å². The lowest BCUT2D eigenvalue weighted by atomic mass is 10.1. The van der Waals surface area contributed by atoms with E-state index in [0.29, 0.717) is 4.88 Å². The van der Waals surface area contributed by atoms with Crippen LogP contribution in [0.4, 0.5) is 0 Å². The third-order valence-electron chi connectivity index (χ3n) is 3.25. The van der Waals surface area contributed by atoms with Gasteiger partial charge in [-0.25, -0.2) is 4.79 Å². The van der Waals surface area contributed by atoms with E-state index >= 15 is 0 Å². The summed E-state index contributed by atoms with van der Waals surface area (Å²) >= 11 is 4.78. The van der Waals surface area contributed by atoms with Gasteiger partial charge in [0.05, 0.1) is 15.1 Å². The minimum Gasteiger partial charge on any atom is -0.478 e. The SMILES string of the molecule is O=C(O)c1cccc(CNC(=O)c2cc3c(Br)cncc3s2)c1. The number of thiophene rings is 1. The van der Waals surface area contributed by atoms with Crippen molar-refractivity contribution in [1.29, 1.82) is 0 Å². The molecular weight excluding hydrogens is 380 g/mol. The minimum atomic E-state index is -0.986. The maximum atomic E-state index is 12.3. The first-order chi connectivity index (χ1) is 11.0. The van der Waals surface area contributed by atoms with Crippen molar-refractivity contribution in [3.63, 3.8) is 0 Å². The molecule has 2 aromatic heterocycles. The van der Waals surface area contributed by atoms with Crippen LogP contribution in [-0.2, 0) is 6.54 Å². The van der Waals surface area contributed by atoms with Crippen LogP contribution in [0, 0.1) is 0 Å². The molecule has 0 saturated heterocycles. The number of carbonyl (C=O) groups excluding carboxylic acids is 1. The number of hydrogen-bond acceptors (Lipinski definition) is 4. The van der Waals surface area contributed by atoms with E-state index in [1.54, 1.807) is 30.6 Å². The number of pyridine rings is 1. The number of aromatic nitrogens is 1. The van der Waals surface area contributed by atoms with E-state index in [4.69, 9.17) is 5.11 Å². The first kappa shape index (κ1) is 15.6. The van der Waals surface area contributed by atoms with Gasteiger partial charge in [-0.05, 0) is 39.7 Å². The number of nitrogens with one attached hydrogen (secondary N) is 1. The van der Waals surface area contributed by atoms with Crippen molar-refractivity contribution in [2.45, 2.75) is 6.54 Å². The number of halogens is 1. The molecule has 1 aromatic carbocycles. The number of amides is 1. The van der Waals surface area contributed by atoms with Crippen molar-refractivity contribution in [3.8, 4) is 0 Å². The third kappa shape index (κ3) is 3.40. The first-order valence-electron chi connectivity index (χ1n) is 6.68. The maximum Gasteiger partial charge on any atom is 0.335 e. The second kappa shape index (κ2) is 6.47. The summed E-state index contributed by atoms with van der Waals surface area (Å²) in [4.78, 5) is 27.9. The number of carboxylic acid groups (broad SMARTS) is 1. The van der Waals surface area contributed by atoms with Crippen molar-refractivity contribution in [2.75, 3.05) is 0 Å². The van der Waals surface area contributed by atoms with Gasteiger partial charge >= 0.3 is 5.97 Å². The van der Waals surface area contributed by atoms with E-state index in [1.807, 2.05) is 6.07 Å². The number of rotatable bonds is 4. The van der Waals surface area contributed by atoms with Gasteiger partial charge in [-0.2, -0.15) is 0 Å². The number of benzene rings is 1. The largest absolute Gasteiger partial charge is 0.478 e. The minimum absolute atomic E-state index is 0.196. The van der Waals surface area contributed by atoms with Gasteiger partial charge in [0.1, 0.15) is 0 Å². The normalized spacial score (nSPS) is 10.7. The summed E-state index contributed by atoms with van der Waals surface area (Å²) in [6.07, 6.45) is 3.41. The number of carbonyl (C=O) groups is 2. The van der Waals surface area contributed by atoms with Gasteiger partial charge in [-0.1, -0.05) is 12.1 Å². The van der Waals surface area contributed by atoms with Crippen LogP contribution in [-0.4, -0.2) is 22.0 Å². The second-order valence-corrected chi connectivity index (χ2v) is 6.77. The predicted octanol–water partition coefficient (Wildman–Crippen LogP) is 3.69. The smallest absolute Gasteiger partial charge is 0.335 e. The van der Waals surface area contributed by atoms with E-state index < -0.39 is 5.97 Å². The first-order valence-corrected chi connectivity index (χ1v) is 8.29. The molecule has 0 spiro atoms. The lowest BCUT2D eigenvalue weighted by Gasteiger charge is -2.04. The Balaban J connectivity index is 1.75. The lowest BCUT2D eigenvalue weighted by molar-refractivity contribution is 0.0696. The Morgan fingerprint density at radius 1 is 1.26 bits per heavy atom. The second-order valence-electron chi connectivity index (χ2n) is 4.83. The Morgan fingerprint density at radius 2 is 2.09 bits per heavy atom. The highest BCUT2D eigenvalue weighted by molar-refractivity contribution is 9.10. The molecule has 0 aliphatic carbocycles. The molecule has 0 saturated carbocycles. The van der Waals surface area contributed by atoms with Gasteiger partial charge in [0.25, 0.3) is 5.91 Å². The number of nitrogens with zero attached hydrogens (tertiary/aromatic N) is 1. The number of fused-ring (bicyclic) bond motifs is 1. The topological polar surface area (TPSA) is 79.3 Å². The molecule has 0 aliphatic rings. The van der Waals surface area contributed by atoms with Gasteiger partial charge in [0.2, 0.25) is 0 Å². The zero-order valence-corrected chi connectivity index (χ0v) is 14.1. The molecule has 0 fully saturated rings. The molecule has 3 rings (SSSR count). The van der Waals surface area contributed by atoms with Crippen LogP contribution in [0.5, 0.6) is 0 Å². The van der Waals surface area contributed by atoms with Crippen molar-refractivity contribution in [1.82, 2.24) is 10.3 Å². The molecule has 2 heterocycles. The van der Waals surface area contributed by atoms with Crippen LogP contribution < -0.4 is 5.32 Å². The van der Waals surface area contributed by atoms with Crippen molar-refractivity contribution in [3.05, 3.63) is 63.2 Å². The van der Waals surface area contributed by atoms with E-state index in [0.717, 1.165) is 20.1 Å². The molecule has 0 aliphatic heterocycles. The van der Waals surface area contributed by atoms with Crippen molar-refractivity contribution in [2.24, 2.45) is 0 Å². The molecule has 2 N–H and O–H groups in total. The van der Waals surface area contributed by atoms with Crippen molar-refractivity contribution < 1.29 is 14.7 Å². The summed E-state index contributed by atoms with van der Waals surface area (Å²) in [6.45, 7) is 0.271. The lowest BCUT2D eigenvalue weighted by Crippen LogP contribution is -2.21. The van der Waals surface area contributed by atoms with Crippen LogP contribution in [0.1, 0.15) is 25.6 Å². The fourth-order valence-electron chi connectivity index (χ4n) is 2.12. The zero-order chi connectivity index (χ0) is 16.4. The van der Waals surface area contributed by atoms with Crippen LogP contribution in [0.3, 0.4) is 0 Å². The Bertz CT molecular complexity index is 907. The van der Waals surface area contributed by atoms with Crippen molar-refractivity contribution >= 4 is 49.2 Å². The summed E-state index contributed by atoms with van der Waals surface area (Å²) in [5, 5.41) is 12.7. The Kier molecular flexibility index (Phi) is 4.40. The quantitative estimate of drug-likeness (QED) is 0.711. The van der Waals surface area contributed by atoms with Gasteiger partial charge in [0.15, 0.2) is 0 Å². The molecular formula is C16H11BrN2O3S.